The molecule has 0 saturated heterocycles. The van der Waals surface area contributed by atoms with Gasteiger partial charge in [0.1, 0.15) is 5.82 Å². The molecule has 0 fully saturated rings. The quantitative estimate of drug-likeness (QED) is 0.673. The number of anilines is 2. The minimum absolute atomic E-state index is 0.728. The van der Waals surface area contributed by atoms with Gasteiger partial charge in [-0.15, -0.1) is 0 Å². The summed E-state index contributed by atoms with van der Waals surface area (Å²) in [4.78, 5) is 9.19. The molecule has 2 heterocycles. The Morgan fingerprint density at radius 1 is 1.25 bits per heavy atom. The van der Waals surface area contributed by atoms with Gasteiger partial charge in [-0.05, 0) is 30.5 Å². The van der Waals surface area contributed by atoms with Gasteiger partial charge in [-0.2, -0.15) is 0 Å². The third-order valence-corrected chi connectivity index (χ3v) is 4.00. The van der Waals surface area contributed by atoms with Crippen LogP contribution in [0.15, 0.2) is 29.4 Å². The van der Waals surface area contributed by atoms with E-state index in [4.69, 9.17) is 11.6 Å². The third kappa shape index (κ3) is 2.90. The summed E-state index contributed by atoms with van der Waals surface area (Å²) in [7, 11) is 0. The lowest BCUT2D eigenvalue weighted by atomic mass is 10.1. The Bertz CT molecular complexity index is 615. The summed E-state index contributed by atoms with van der Waals surface area (Å²) in [6.45, 7) is 1.78. The van der Waals surface area contributed by atoms with E-state index in [1.165, 1.54) is 0 Å². The van der Waals surface area contributed by atoms with Crippen LogP contribution < -0.4 is 10.6 Å². The first-order valence-electron chi connectivity index (χ1n) is 6.43. The first-order valence-corrected chi connectivity index (χ1v) is 8.03. The molecule has 0 bridgehead atoms. The highest BCUT2D eigenvalue weighted by Gasteiger charge is 2.17. The normalized spacial score (nSPS) is 13.9. The summed E-state index contributed by atoms with van der Waals surface area (Å²) in [5.74, 6) is 0.883. The van der Waals surface area contributed by atoms with Crippen LogP contribution in [0, 0.1) is 0 Å². The average molecular weight is 307 g/mol. The molecule has 1 aliphatic rings. The van der Waals surface area contributed by atoms with E-state index in [1.807, 2.05) is 30.5 Å². The zero-order valence-electron chi connectivity index (χ0n) is 11.1. The van der Waals surface area contributed by atoms with Crippen molar-refractivity contribution in [1.29, 1.82) is 0 Å². The molecular formula is C14H15ClN4S. The Kier molecular flexibility index (Phi) is 4.10. The molecule has 20 heavy (non-hydrogen) atoms. The Morgan fingerprint density at radius 3 is 2.80 bits per heavy atom. The number of benzene rings is 1. The fraction of sp³-hybridized carbons (Fsp3) is 0.286. The molecule has 0 spiro atoms. The molecule has 0 saturated carbocycles. The number of fused-ring (bicyclic) bond motifs is 1. The van der Waals surface area contributed by atoms with Crippen LogP contribution in [0.3, 0.4) is 0 Å². The summed E-state index contributed by atoms with van der Waals surface area (Å²) in [5, 5.41) is 8.27. The first kappa shape index (κ1) is 13.7. The molecule has 1 aliphatic heterocycles. The van der Waals surface area contributed by atoms with Crippen molar-refractivity contribution in [3.8, 4) is 0 Å². The second kappa shape index (κ2) is 5.99. The number of aromatic nitrogens is 2. The highest BCUT2D eigenvalue weighted by Crippen LogP contribution is 2.26. The van der Waals surface area contributed by atoms with Crippen molar-refractivity contribution in [1.82, 2.24) is 15.3 Å². The van der Waals surface area contributed by atoms with Crippen molar-refractivity contribution in [2.75, 3.05) is 18.1 Å². The van der Waals surface area contributed by atoms with Gasteiger partial charge in [0, 0.05) is 35.8 Å². The molecule has 6 heteroatoms. The molecule has 2 N–H and O–H groups in total. The lowest BCUT2D eigenvalue weighted by Crippen LogP contribution is -2.26. The molecule has 0 amide bonds. The van der Waals surface area contributed by atoms with E-state index < -0.39 is 0 Å². The van der Waals surface area contributed by atoms with E-state index in [0.29, 0.717) is 0 Å². The predicted molar refractivity (Wildman–Crippen MR) is 84.0 cm³/mol. The molecule has 0 unspecified atom stereocenters. The van der Waals surface area contributed by atoms with Gasteiger partial charge in [0.25, 0.3) is 0 Å². The summed E-state index contributed by atoms with van der Waals surface area (Å²) in [5.41, 5.74) is 3.27. The van der Waals surface area contributed by atoms with Crippen LogP contribution in [0.2, 0.25) is 5.02 Å². The van der Waals surface area contributed by atoms with Gasteiger partial charge in [0.15, 0.2) is 5.16 Å². The van der Waals surface area contributed by atoms with E-state index in [2.05, 4.69) is 20.6 Å². The van der Waals surface area contributed by atoms with Gasteiger partial charge in [0.05, 0.1) is 5.69 Å². The van der Waals surface area contributed by atoms with Gasteiger partial charge in [0.2, 0.25) is 0 Å². The molecule has 4 nitrogen and oxygen atoms in total. The van der Waals surface area contributed by atoms with Crippen LogP contribution in [0.4, 0.5) is 11.5 Å². The Hall–Kier alpha value is -1.30. The molecule has 0 radical (unpaired) electrons. The Morgan fingerprint density at radius 2 is 2.05 bits per heavy atom. The largest absolute Gasteiger partial charge is 0.340 e. The van der Waals surface area contributed by atoms with E-state index >= 15 is 0 Å². The van der Waals surface area contributed by atoms with Crippen LogP contribution in [-0.4, -0.2) is 22.8 Å². The van der Waals surface area contributed by atoms with Gasteiger partial charge in [-0.1, -0.05) is 23.4 Å². The average Bonchev–Trinajstić information content (AvgIpc) is 2.49. The second-order valence-electron chi connectivity index (χ2n) is 4.54. The van der Waals surface area contributed by atoms with Crippen molar-refractivity contribution in [2.45, 2.75) is 18.1 Å². The van der Waals surface area contributed by atoms with Gasteiger partial charge in [-0.3, -0.25) is 0 Å². The van der Waals surface area contributed by atoms with E-state index in [0.717, 1.165) is 52.5 Å². The number of halogens is 1. The lowest BCUT2D eigenvalue weighted by Gasteiger charge is -2.20. The molecule has 1 aromatic carbocycles. The Balaban J connectivity index is 1.96. The van der Waals surface area contributed by atoms with Crippen molar-refractivity contribution in [2.24, 2.45) is 0 Å². The minimum atomic E-state index is 0.728. The molecule has 1 aromatic heterocycles. The van der Waals surface area contributed by atoms with Gasteiger partial charge < -0.3 is 10.6 Å². The molecule has 3 rings (SSSR count). The van der Waals surface area contributed by atoms with Crippen molar-refractivity contribution < 1.29 is 0 Å². The van der Waals surface area contributed by atoms with Gasteiger partial charge in [-0.25, -0.2) is 9.97 Å². The highest BCUT2D eigenvalue weighted by atomic mass is 35.5. The monoisotopic (exact) mass is 306 g/mol. The number of nitrogens with one attached hydrogen (secondary N) is 2. The first-order chi connectivity index (χ1) is 9.76. The topological polar surface area (TPSA) is 49.8 Å². The van der Waals surface area contributed by atoms with Crippen molar-refractivity contribution in [3.05, 3.63) is 40.5 Å². The maximum absolute atomic E-state index is 5.91. The smallest absolute Gasteiger partial charge is 0.189 e. The lowest BCUT2D eigenvalue weighted by molar-refractivity contribution is 0.619. The highest BCUT2D eigenvalue weighted by molar-refractivity contribution is 7.98. The summed E-state index contributed by atoms with van der Waals surface area (Å²) >= 11 is 7.48. The minimum Gasteiger partial charge on any atom is -0.340 e. The Labute approximate surface area is 127 Å². The zero-order valence-corrected chi connectivity index (χ0v) is 12.7. The van der Waals surface area contributed by atoms with E-state index in [-0.39, 0.29) is 0 Å². The van der Waals surface area contributed by atoms with Crippen molar-refractivity contribution in [3.63, 3.8) is 0 Å². The van der Waals surface area contributed by atoms with E-state index in [1.54, 1.807) is 11.8 Å². The fourth-order valence-electron chi connectivity index (χ4n) is 2.19. The number of thioether (sulfide) groups is 1. The second-order valence-corrected chi connectivity index (χ2v) is 5.75. The molecule has 2 aromatic rings. The van der Waals surface area contributed by atoms with Crippen LogP contribution in [-0.2, 0) is 13.0 Å². The standard InChI is InChI=1S/C14H15ClN4S/c1-20-14-18-12-6-7-16-8-11(12)13(19-14)17-10-4-2-9(15)3-5-10/h2-5,16H,6-8H2,1H3,(H,17,18,19). The fourth-order valence-corrected chi connectivity index (χ4v) is 2.70. The summed E-state index contributed by atoms with van der Waals surface area (Å²) in [6, 6.07) is 7.63. The van der Waals surface area contributed by atoms with Crippen LogP contribution in [0.1, 0.15) is 11.3 Å². The SMILES string of the molecule is CSc1nc2c(c(Nc3ccc(Cl)cc3)n1)CNCC2. The predicted octanol–water partition coefficient (Wildman–Crippen LogP) is 3.24. The number of rotatable bonds is 3. The molecular weight excluding hydrogens is 292 g/mol. The van der Waals surface area contributed by atoms with Crippen LogP contribution in [0.25, 0.3) is 0 Å². The molecule has 0 atom stereocenters. The molecule has 104 valence electrons. The van der Waals surface area contributed by atoms with Crippen LogP contribution in [0.5, 0.6) is 0 Å². The maximum atomic E-state index is 5.91. The molecule has 0 aliphatic carbocycles. The number of hydrogen-bond acceptors (Lipinski definition) is 5. The summed E-state index contributed by atoms with van der Waals surface area (Å²) in [6.07, 6.45) is 2.94. The van der Waals surface area contributed by atoms with E-state index in [9.17, 15) is 0 Å². The van der Waals surface area contributed by atoms with Gasteiger partial charge >= 0.3 is 0 Å². The number of nitrogens with zero attached hydrogens (tertiary/aromatic N) is 2. The summed E-state index contributed by atoms with van der Waals surface area (Å²) < 4.78 is 0. The third-order valence-electron chi connectivity index (χ3n) is 3.20. The maximum Gasteiger partial charge on any atom is 0.189 e. The van der Waals surface area contributed by atoms with Crippen LogP contribution >= 0.6 is 23.4 Å². The zero-order chi connectivity index (χ0) is 13.9. The van der Waals surface area contributed by atoms with Crippen molar-refractivity contribution >= 4 is 34.9 Å². The number of hydrogen-bond donors (Lipinski definition) is 2.